The Morgan fingerprint density at radius 2 is 1.74 bits per heavy atom. The second-order valence-corrected chi connectivity index (χ2v) is 11.7. The van der Waals surface area contributed by atoms with Gasteiger partial charge in [0.25, 0.3) is 0 Å². The summed E-state index contributed by atoms with van der Waals surface area (Å²) in [5.74, 6) is 0.631. The molecule has 0 aromatic heterocycles. The molecule has 0 radical (unpaired) electrons. The first-order valence-corrected chi connectivity index (χ1v) is 14.7. The van der Waals surface area contributed by atoms with E-state index in [1.165, 1.54) is 5.57 Å². The van der Waals surface area contributed by atoms with Gasteiger partial charge < -0.3 is 20.3 Å². The van der Waals surface area contributed by atoms with Gasteiger partial charge in [-0.3, -0.25) is 0 Å². The van der Waals surface area contributed by atoms with Gasteiger partial charge in [0.2, 0.25) is 0 Å². The molecule has 39 heavy (non-hydrogen) atoms. The molecule has 2 aromatic rings. The standard InChI is InChI=1S/C33H43Cl2NO3/c1-21(2)13-14-25-17-24(5)33(29(35)19-25)39-16-15-32(38)31(37)12-8-10-27-23(4)18-26(20-28(27)34)36-30-11-7-6-9-22(30)3/h7,11,17-20,31-32,36-38H,1,6,8-10,12-16H2,2-5H3. The minimum atomic E-state index is -0.873. The predicted molar refractivity (Wildman–Crippen MR) is 165 cm³/mol. The molecule has 0 amide bonds. The Labute approximate surface area is 244 Å². The third kappa shape index (κ3) is 9.42. The molecule has 2 aromatic carbocycles. The first-order chi connectivity index (χ1) is 18.5. The Hall–Kier alpha value is -2.24. The van der Waals surface area contributed by atoms with Gasteiger partial charge >= 0.3 is 0 Å². The van der Waals surface area contributed by atoms with Gasteiger partial charge in [0, 0.05) is 22.8 Å². The second-order valence-electron chi connectivity index (χ2n) is 10.9. The highest BCUT2D eigenvalue weighted by Crippen LogP contribution is 2.32. The van der Waals surface area contributed by atoms with Crippen LogP contribution in [0.1, 0.15) is 74.6 Å². The van der Waals surface area contributed by atoms with Crippen LogP contribution in [0.2, 0.25) is 10.0 Å². The zero-order chi connectivity index (χ0) is 28.5. The molecule has 2 unspecified atom stereocenters. The van der Waals surface area contributed by atoms with Crippen molar-refractivity contribution in [2.75, 3.05) is 11.9 Å². The van der Waals surface area contributed by atoms with Crippen LogP contribution >= 0.6 is 23.2 Å². The van der Waals surface area contributed by atoms with Crippen LogP contribution in [0.3, 0.4) is 0 Å². The van der Waals surface area contributed by atoms with Gasteiger partial charge in [-0.2, -0.15) is 0 Å². The van der Waals surface area contributed by atoms with Crippen LogP contribution in [-0.2, 0) is 12.8 Å². The van der Waals surface area contributed by atoms with Crippen molar-refractivity contribution in [2.24, 2.45) is 0 Å². The Morgan fingerprint density at radius 1 is 1.00 bits per heavy atom. The van der Waals surface area contributed by atoms with Crippen LogP contribution < -0.4 is 10.1 Å². The molecule has 2 atom stereocenters. The van der Waals surface area contributed by atoms with Gasteiger partial charge in [0.1, 0.15) is 5.75 Å². The van der Waals surface area contributed by atoms with Crippen LogP contribution in [-0.4, -0.2) is 29.0 Å². The van der Waals surface area contributed by atoms with Crippen LogP contribution in [0, 0.1) is 13.8 Å². The molecule has 3 N–H and O–H groups in total. The van der Waals surface area contributed by atoms with Crippen LogP contribution in [0.25, 0.3) is 0 Å². The lowest BCUT2D eigenvalue weighted by molar-refractivity contribution is 0.00203. The van der Waals surface area contributed by atoms with Gasteiger partial charge in [0.15, 0.2) is 0 Å². The van der Waals surface area contributed by atoms with E-state index in [1.54, 1.807) is 0 Å². The first kappa shape index (κ1) is 31.3. The van der Waals surface area contributed by atoms with Crippen LogP contribution in [0.15, 0.2) is 59.8 Å². The van der Waals surface area contributed by atoms with Gasteiger partial charge in [-0.25, -0.2) is 0 Å². The van der Waals surface area contributed by atoms with Crippen molar-refractivity contribution in [3.05, 3.63) is 92.1 Å². The average molecular weight is 573 g/mol. The molecule has 1 aliphatic carbocycles. The molecular weight excluding hydrogens is 529 g/mol. The van der Waals surface area contributed by atoms with Gasteiger partial charge in [-0.1, -0.05) is 40.9 Å². The highest BCUT2D eigenvalue weighted by Gasteiger charge is 2.18. The molecule has 0 saturated carbocycles. The van der Waals surface area contributed by atoms with E-state index in [2.05, 4.69) is 50.0 Å². The van der Waals surface area contributed by atoms with Crippen molar-refractivity contribution in [3.8, 4) is 5.75 Å². The smallest absolute Gasteiger partial charge is 0.140 e. The largest absolute Gasteiger partial charge is 0.492 e. The summed E-state index contributed by atoms with van der Waals surface area (Å²) in [5.41, 5.74) is 8.91. The molecule has 4 nitrogen and oxygen atoms in total. The number of hydrogen-bond donors (Lipinski definition) is 3. The van der Waals surface area contributed by atoms with Gasteiger partial charge in [0.05, 0.1) is 23.8 Å². The molecule has 0 bridgehead atoms. The fourth-order valence-electron chi connectivity index (χ4n) is 4.89. The Bertz CT molecular complexity index is 1170. The van der Waals surface area contributed by atoms with E-state index < -0.39 is 12.2 Å². The number of aryl methyl sites for hydroxylation is 3. The number of nitrogens with one attached hydrogen (secondary N) is 1. The summed E-state index contributed by atoms with van der Waals surface area (Å²) in [6, 6.07) is 8.10. The lowest BCUT2D eigenvalue weighted by Gasteiger charge is -2.20. The maximum Gasteiger partial charge on any atom is 0.140 e. The highest BCUT2D eigenvalue weighted by atomic mass is 35.5. The molecular formula is C33H43Cl2NO3. The zero-order valence-electron chi connectivity index (χ0n) is 23.7. The highest BCUT2D eigenvalue weighted by molar-refractivity contribution is 6.32. The lowest BCUT2D eigenvalue weighted by Crippen LogP contribution is -2.27. The number of halogens is 2. The van der Waals surface area contributed by atoms with Crippen molar-refractivity contribution in [2.45, 2.75) is 91.3 Å². The normalized spacial score (nSPS) is 14.9. The van der Waals surface area contributed by atoms with Gasteiger partial charge in [-0.05, 0) is 125 Å². The van der Waals surface area contributed by atoms with Crippen molar-refractivity contribution >= 4 is 28.9 Å². The van der Waals surface area contributed by atoms with E-state index in [4.69, 9.17) is 27.9 Å². The van der Waals surface area contributed by atoms with E-state index in [9.17, 15) is 10.2 Å². The van der Waals surface area contributed by atoms with E-state index in [0.29, 0.717) is 23.6 Å². The molecule has 212 valence electrons. The topological polar surface area (TPSA) is 61.7 Å². The molecule has 1 aliphatic rings. The van der Waals surface area contributed by atoms with E-state index >= 15 is 0 Å². The number of allylic oxidation sites excluding steroid dienone is 4. The van der Waals surface area contributed by atoms with Crippen LogP contribution in [0.5, 0.6) is 5.75 Å². The number of aliphatic hydroxyl groups excluding tert-OH is 2. The van der Waals surface area contributed by atoms with E-state index in [1.807, 2.05) is 26.0 Å². The average Bonchev–Trinajstić information content (AvgIpc) is 2.87. The Kier molecular flexibility index (Phi) is 12.0. The summed E-state index contributed by atoms with van der Waals surface area (Å²) >= 11 is 13.1. The molecule has 0 fully saturated rings. The number of hydrogen-bond acceptors (Lipinski definition) is 4. The molecule has 0 saturated heterocycles. The SMILES string of the molecule is C=C(C)CCc1cc(C)c(OCCC(O)C(O)CCCc2c(C)cc(NC3=C(C)CCC=C3)cc2Cl)c(Cl)c1. The molecule has 6 heteroatoms. The van der Waals surface area contributed by atoms with E-state index in [0.717, 1.165) is 82.8 Å². The number of anilines is 1. The Balaban J connectivity index is 1.45. The minimum absolute atomic E-state index is 0.272. The predicted octanol–water partition coefficient (Wildman–Crippen LogP) is 8.67. The maximum absolute atomic E-state index is 10.5. The lowest BCUT2D eigenvalue weighted by atomic mass is 9.98. The van der Waals surface area contributed by atoms with Crippen molar-refractivity contribution in [1.82, 2.24) is 0 Å². The number of ether oxygens (including phenoxy) is 1. The van der Waals surface area contributed by atoms with Gasteiger partial charge in [-0.15, -0.1) is 6.58 Å². The number of benzene rings is 2. The summed E-state index contributed by atoms with van der Waals surface area (Å²) < 4.78 is 5.90. The number of rotatable bonds is 14. The van der Waals surface area contributed by atoms with Crippen molar-refractivity contribution in [1.29, 1.82) is 0 Å². The zero-order valence-corrected chi connectivity index (χ0v) is 25.3. The van der Waals surface area contributed by atoms with Crippen molar-refractivity contribution < 1.29 is 14.9 Å². The fourth-order valence-corrected chi connectivity index (χ4v) is 5.59. The monoisotopic (exact) mass is 571 g/mol. The maximum atomic E-state index is 10.5. The summed E-state index contributed by atoms with van der Waals surface area (Å²) in [4.78, 5) is 0. The van der Waals surface area contributed by atoms with Crippen molar-refractivity contribution in [3.63, 3.8) is 0 Å². The summed E-state index contributed by atoms with van der Waals surface area (Å²) in [6.45, 7) is 12.4. The fraction of sp³-hybridized carbons (Fsp3) is 0.455. The Morgan fingerprint density at radius 3 is 2.41 bits per heavy atom. The molecule has 3 rings (SSSR count). The quantitative estimate of drug-likeness (QED) is 0.198. The third-order valence-corrected chi connectivity index (χ3v) is 7.91. The summed E-state index contributed by atoms with van der Waals surface area (Å²) in [7, 11) is 0. The summed E-state index contributed by atoms with van der Waals surface area (Å²) in [5, 5.41) is 25.8. The third-order valence-electron chi connectivity index (χ3n) is 7.29. The minimum Gasteiger partial charge on any atom is -0.492 e. The molecule has 0 aliphatic heterocycles. The van der Waals surface area contributed by atoms with E-state index in [-0.39, 0.29) is 6.61 Å². The molecule has 0 heterocycles. The first-order valence-electron chi connectivity index (χ1n) is 13.9. The molecule has 0 spiro atoms. The van der Waals surface area contributed by atoms with Crippen LogP contribution in [0.4, 0.5) is 5.69 Å². The number of aliphatic hydroxyl groups is 2. The summed E-state index contributed by atoms with van der Waals surface area (Å²) in [6.07, 6.45) is 8.83. The second kappa shape index (κ2) is 14.9.